The molecule has 0 saturated carbocycles. The van der Waals surface area contributed by atoms with Gasteiger partial charge in [-0.25, -0.2) is 0 Å². The second-order valence-corrected chi connectivity index (χ2v) is 6.81. The molecular formula is C18H16F3NOS. The van der Waals surface area contributed by atoms with Crippen molar-refractivity contribution >= 4 is 17.7 Å². The van der Waals surface area contributed by atoms with E-state index in [1.165, 1.54) is 28.8 Å². The van der Waals surface area contributed by atoms with E-state index < -0.39 is 17.1 Å². The van der Waals surface area contributed by atoms with Gasteiger partial charge in [-0.3, -0.25) is 4.79 Å². The van der Waals surface area contributed by atoms with Crippen molar-refractivity contribution in [2.75, 3.05) is 12.3 Å². The predicted octanol–water partition coefficient (Wildman–Crippen LogP) is 4.90. The lowest BCUT2D eigenvalue weighted by molar-refractivity contribution is -0.138. The van der Waals surface area contributed by atoms with Crippen molar-refractivity contribution in [3.63, 3.8) is 0 Å². The summed E-state index contributed by atoms with van der Waals surface area (Å²) >= 11 is 1.37. The van der Waals surface area contributed by atoms with Gasteiger partial charge in [-0.1, -0.05) is 36.4 Å². The molecule has 126 valence electrons. The minimum Gasteiger partial charge on any atom is -0.322 e. The van der Waals surface area contributed by atoms with Crippen LogP contribution in [0.4, 0.5) is 13.2 Å². The van der Waals surface area contributed by atoms with Crippen LogP contribution in [-0.4, -0.2) is 23.1 Å². The molecule has 0 bridgehead atoms. The average Bonchev–Trinajstić information content (AvgIpc) is 3.03. The summed E-state index contributed by atoms with van der Waals surface area (Å²) < 4.78 is 39.9. The second-order valence-electron chi connectivity index (χ2n) is 5.62. The van der Waals surface area contributed by atoms with E-state index in [9.17, 15) is 18.0 Å². The largest absolute Gasteiger partial charge is 0.416 e. The van der Waals surface area contributed by atoms with Crippen LogP contribution in [0.1, 0.15) is 32.4 Å². The number of thioether (sulfide) groups is 1. The Kier molecular flexibility index (Phi) is 4.58. The highest BCUT2D eigenvalue weighted by molar-refractivity contribution is 7.99. The van der Waals surface area contributed by atoms with Gasteiger partial charge >= 0.3 is 6.18 Å². The molecule has 2 aromatic rings. The number of hydrogen-bond acceptors (Lipinski definition) is 2. The first-order valence-corrected chi connectivity index (χ1v) is 8.59. The normalized spacial score (nSPS) is 18.0. The number of carbonyl (C=O) groups excluding carboxylic acids is 1. The summed E-state index contributed by atoms with van der Waals surface area (Å²) in [4.78, 5) is 14.4. The van der Waals surface area contributed by atoms with Crippen molar-refractivity contribution in [1.82, 2.24) is 4.90 Å². The lowest BCUT2D eigenvalue weighted by Crippen LogP contribution is -2.31. The van der Waals surface area contributed by atoms with Gasteiger partial charge in [0.25, 0.3) is 5.91 Å². The molecule has 2 nitrogen and oxygen atoms in total. The molecule has 1 aliphatic heterocycles. The maximum absolute atomic E-state index is 13.3. The van der Waals surface area contributed by atoms with E-state index in [4.69, 9.17) is 0 Å². The molecular weight excluding hydrogens is 335 g/mol. The standard InChI is InChI=1S/C18H16F3NOS/c1-12-6-2-3-7-13(12)16(23)22-10-11-24-17(22)14-8-4-5-9-15(14)18(19,20)21/h2-9,17H,10-11H2,1H3/t17-/m1/s1. The van der Waals surface area contributed by atoms with Crippen LogP contribution in [0.2, 0.25) is 0 Å². The zero-order valence-electron chi connectivity index (χ0n) is 13.0. The molecule has 1 amide bonds. The Labute approximate surface area is 142 Å². The summed E-state index contributed by atoms with van der Waals surface area (Å²) in [7, 11) is 0. The molecule has 0 aromatic heterocycles. The summed E-state index contributed by atoms with van der Waals surface area (Å²) in [6.45, 7) is 2.27. The van der Waals surface area contributed by atoms with Crippen LogP contribution in [0.25, 0.3) is 0 Å². The molecule has 24 heavy (non-hydrogen) atoms. The van der Waals surface area contributed by atoms with Gasteiger partial charge in [0.15, 0.2) is 0 Å². The smallest absolute Gasteiger partial charge is 0.322 e. The SMILES string of the molecule is Cc1ccccc1C(=O)N1CCS[C@@H]1c1ccccc1C(F)(F)F. The number of nitrogens with zero attached hydrogens (tertiary/aromatic N) is 1. The number of carbonyl (C=O) groups is 1. The van der Waals surface area contributed by atoms with Crippen LogP contribution < -0.4 is 0 Å². The van der Waals surface area contributed by atoms with E-state index in [-0.39, 0.29) is 11.5 Å². The van der Waals surface area contributed by atoms with E-state index in [2.05, 4.69) is 0 Å². The third-order valence-corrected chi connectivity index (χ3v) is 5.30. The molecule has 0 N–H and O–H groups in total. The van der Waals surface area contributed by atoms with E-state index in [1.807, 2.05) is 19.1 Å². The van der Waals surface area contributed by atoms with Crippen LogP contribution >= 0.6 is 11.8 Å². The first-order valence-electron chi connectivity index (χ1n) is 7.54. The van der Waals surface area contributed by atoms with E-state index >= 15 is 0 Å². The fourth-order valence-corrected chi connectivity index (χ4v) is 4.17. The van der Waals surface area contributed by atoms with Crippen LogP contribution in [-0.2, 0) is 6.18 Å². The van der Waals surface area contributed by atoms with Gasteiger partial charge in [0.05, 0.1) is 5.56 Å². The highest BCUT2D eigenvalue weighted by Crippen LogP contribution is 2.44. The molecule has 1 aliphatic rings. The van der Waals surface area contributed by atoms with Crippen molar-refractivity contribution in [2.45, 2.75) is 18.5 Å². The van der Waals surface area contributed by atoms with E-state index in [0.717, 1.165) is 11.6 Å². The summed E-state index contributed by atoms with van der Waals surface area (Å²) in [6, 6.07) is 12.6. The monoisotopic (exact) mass is 351 g/mol. The summed E-state index contributed by atoms with van der Waals surface area (Å²) in [6.07, 6.45) is -4.43. The second kappa shape index (κ2) is 6.51. The van der Waals surface area contributed by atoms with Gasteiger partial charge in [-0.15, -0.1) is 11.8 Å². The van der Waals surface area contributed by atoms with Crippen molar-refractivity contribution < 1.29 is 18.0 Å². The number of rotatable bonds is 2. The minimum absolute atomic E-state index is 0.148. The van der Waals surface area contributed by atoms with Gasteiger partial charge < -0.3 is 4.90 Å². The predicted molar refractivity (Wildman–Crippen MR) is 88.9 cm³/mol. The quantitative estimate of drug-likeness (QED) is 0.767. The third-order valence-electron chi connectivity index (χ3n) is 4.06. The third kappa shape index (κ3) is 3.15. The molecule has 0 unspecified atom stereocenters. The molecule has 0 radical (unpaired) electrons. The zero-order chi connectivity index (χ0) is 17.3. The van der Waals surface area contributed by atoms with Crippen molar-refractivity contribution in [3.05, 3.63) is 70.8 Å². The number of benzene rings is 2. The van der Waals surface area contributed by atoms with Crippen molar-refractivity contribution in [2.24, 2.45) is 0 Å². The number of halogens is 3. The van der Waals surface area contributed by atoms with Crippen LogP contribution in [0.5, 0.6) is 0 Å². The number of aryl methyl sites for hydroxylation is 1. The Hall–Kier alpha value is -1.95. The Morgan fingerprint density at radius 2 is 1.79 bits per heavy atom. The summed E-state index contributed by atoms with van der Waals surface area (Å²) in [5, 5.41) is -0.616. The molecule has 0 aliphatic carbocycles. The molecule has 1 atom stereocenters. The first-order chi connectivity index (χ1) is 11.4. The maximum Gasteiger partial charge on any atom is 0.416 e. The Morgan fingerprint density at radius 1 is 1.12 bits per heavy atom. The van der Waals surface area contributed by atoms with Gasteiger partial charge in [0.1, 0.15) is 5.37 Å². The van der Waals surface area contributed by atoms with Gasteiger partial charge in [0.2, 0.25) is 0 Å². The van der Waals surface area contributed by atoms with Crippen molar-refractivity contribution in [3.8, 4) is 0 Å². The van der Waals surface area contributed by atoms with Gasteiger partial charge in [0, 0.05) is 17.9 Å². The highest BCUT2D eigenvalue weighted by atomic mass is 32.2. The average molecular weight is 351 g/mol. The van der Waals surface area contributed by atoms with Crippen LogP contribution in [0.15, 0.2) is 48.5 Å². The molecule has 1 heterocycles. The molecule has 6 heteroatoms. The topological polar surface area (TPSA) is 20.3 Å². The lowest BCUT2D eigenvalue weighted by Gasteiger charge is -2.27. The molecule has 1 saturated heterocycles. The fraction of sp³-hybridized carbons (Fsp3) is 0.278. The number of alkyl halides is 3. The first kappa shape index (κ1) is 16.9. The van der Waals surface area contributed by atoms with Crippen molar-refractivity contribution in [1.29, 1.82) is 0 Å². The molecule has 1 fully saturated rings. The molecule has 3 rings (SSSR count). The number of hydrogen-bond donors (Lipinski definition) is 0. The lowest BCUT2D eigenvalue weighted by atomic mass is 10.0. The van der Waals surface area contributed by atoms with E-state index in [0.29, 0.717) is 17.9 Å². The highest BCUT2D eigenvalue weighted by Gasteiger charge is 2.39. The zero-order valence-corrected chi connectivity index (χ0v) is 13.8. The van der Waals surface area contributed by atoms with Gasteiger partial charge in [-0.2, -0.15) is 13.2 Å². The number of amides is 1. The maximum atomic E-state index is 13.3. The van der Waals surface area contributed by atoms with Crippen LogP contribution in [0, 0.1) is 6.92 Å². The molecule has 2 aromatic carbocycles. The van der Waals surface area contributed by atoms with E-state index in [1.54, 1.807) is 18.2 Å². The Bertz CT molecular complexity index is 760. The minimum atomic E-state index is -4.43. The Balaban J connectivity index is 1.98. The summed E-state index contributed by atoms with van der Waals surface area (Å²) in [5.74, 6) is 0.397. The Morgan fingerprint density at radius 3 is 2.50 bits per heavy atom. The van der Waals surface area contributed by atoms with Gasteiger partial charge in [-0.05, 0) is 30.2 Å². The van der Waals surface area contributed by atoms with Crippen LogP contribution in [0.3, 0.4) is 0 Å². The summed E-state index contributed by atoms with van der Waals surface area (Å²) in [5.41, 5.74) is 0.832. The molecule has 0 spiro atoms. The fourth-order valence-electron chi connectivity index (χ4n) is 2.87.